The zero-order valence-electron chi connectivity index (χ0n) is 12.6. The molecule has 6 nitrogen and oxygen atoms in total. The molecule has 7 heteroatoms. The summed E-state index contributed by atoms with van der Waals surface area (Å²) in [5.41, 5.74) is 3.14. The van der Waals surface area contributed by atoms with Crippen molar-refractivity contribution in [1.82, 2.24) is 19.3 Å². The van der Waals surface area contributed by atoms with Gasteiger partial charge in [0.25, 0.3) is 0 Å². The molecule has 0 aliphatic rings. The van der Waals surface area contributed by atoms with Crippen molar-refractivity contribution in [2.75, 3.05) is 13.7 Å². The van der Waals surface area contributed by atoms with Crippen molar-refractivity contribution in [2.45, 2.75) is 11.4 Å². The van der Waals surface area contributed by atoms with Gasteiger partial charge in [-0.15, -0.1) is 0 Å². The number of methoxy groups -OCH3 is 1. The molecule has 1 aromatic carbocycles. The first-order valence-corrected chi connectivity index (χ1v) is 7.88. The van der Waals surface area contributed by atoms with E-state index in [9.17, 15) is 4.79 Å². The Kier molecular flexibility index (Phi) is 4.89. The molecule has 2 aromatic heterocycles. The number of fused-ring (bicyclic) bond motifs is 1. The molecule has 0 radical (unpaired) electrons. The second-order valence-corrected chi connectivity index (χ2v) is 5.84. The zero-order valence-corrected chi connectivity index (χ0v) is 13.4. The third-order valence-corrected chi connectivity index (χ3v) is 4.13. The number of hydrogen-bond donors (Lipinski definition) is 1. The predicted molar refractivity (Wildman–Crippen MR) is 88.9 cm³/mol. The number of nitrogens with one attached hydrogen (secondary N) is 1. The van der Waals surface area contributed by atoms with Gasteiger partial charge in [0.2, 0.25) is 0 Å². The van der Waals surface area contributed by atoms with Crippen LogP contribution in [0.5, 0.6) is 0 Å². The van der Waals surface area contributed by atoms with E-state index in [1.807, 2.05) is 24.5 Å². The van der Waals surface area contributed by atoms with Crippen LogP contribution >= 0.6 is 11.9 Å². The number of carbonyl (C=O) groups excluding carboxylic acids is 1. The van der Waals surface area contributed by atoms with E-state index >= 15 is 0 Å². The van der Waals surface area contributed by atoms with Gasteiger partial charge in [0.05, 0.1) is 25.2 Å². The van der Waals surface area contributed by atoms with Crippen molar-refractivity contribution in [2.24, 2.45) is 0 Å². The van der Waals surface area contributed by atoms with E-state index in [1.54, 1.807) is 12.4 Å². The first kappa shape index (κ1) is 15.5. The van der Waals surface area contributed by atoms with Crippen LogP contribution in [0.2, 0.25) is 0 Å². The van der Waals surface area contributed by atoms with Gasteiger partial charge in [0, 0.05) is 17.6 Å². The highest BCUT2D eigenvalue weighted by Gasteiger charge is 2.04. The molecule has 0 amide bonds. The van der Waals surface area contributed by atoms with Crippen molar-refractivity contribution in [1.29, 1.82) is 0 Å². The third-order valence-electron chi connectivity index (χ3n) is 3.33. The van der Waals surface area contributed by atoms with Crippen molar-refractivity contribution in [3.8, 4) is 0 Å². The maximum Gasteiger partial charge on any atom is 0.320 e. The SMILES string of the molecule is COC(=O)CNSc1ccc(Cn2cnc3cnccc32)cc1. The molecule has 0 saturated carbocycles. The van der Waals surface area contributed by atoms with Gasteiger partial charge in [-0.25, -0.2) is 9.71 Å². The van der Waals surface area contributed by atoms with Crippen LogP contribution < -0.4 is 4.72 Å². The second-order valence-electron chi connectivity index (χ2n) is 4.88. The molecule has 0 spiro atoms. The number of ether oxygens (including phenoxy) is 1. The molecule has 0 saturated heterocycles. The highest BCUT2D eigenvalue weighted by atomic mass is 32.2. The summed E-state index contributed by atoms with van der Waals surface area (Å²) in [6, 6.07) is 10.1. The predicted octanol–water partition coefficient (Wildman–Crippen LogP) is 2.25. The fourth-order valence-corrected chi connectivity index (χ4v) is 2.78. The first-order valence-electron chi connectivity index (χ1n) is 7.06. The Morgan fingerprint density at radius 2 is 2.13 bits per heavy atom. The van der Waals surface area contributed by atoms with Gasteiger partial charge in [-0.1, -0.05) is 12.1 Å². The van der Waals surface area contributed by atoms with Crippen LogP contribution in [-0.2, 0) is 16.1 Å². The summed E-state index contributed by atoms with van der Waals surface area (Å²) >= 11 is 1.41. The summed E-state index contributed by atoms with van der Waals surface area (Å²) < 4.78 is 9.63. The molecule has 0 fully saturated rings. The molecule has 0 aliphatic carbocycles. The number of esters is 1. The Morgan fingerprint density at radius 3 is 2.91 bits per heavy atom. The lowest BCUT2D eigenvalue weighted by molar-refractivity contribution is -0.139. The number of aromatic nitrogens is 3. The Bertz CT molecular complexity index is 801. The smallest absolute Gasteiger partial charge is 0.320 e. The van der Waals surface area contributed by atoms with Crippen molar-refractivity contribution in [3.63, 3.8) is 0 Å². The van der Waals surface area contributed by atoms with E-state index in [0.717, 1.165) is 22.5 Å². The highest BCUT2D eigenvalue weighted by Crippen LogP contribution is 2.17. The summed E-state index contributed by atoms with van der Waals surface area (Å²) in [7, 11) is 1.37. The van der Waals surface area contributed by atoms with Gasteiger partial charge < -0.3 is 9.30 Å². The van der Waals surface area contributed by atoms with E-state index in [0.29, 0.717) is 0 Å². The standard InChI is InChI=1S/C16H16N4O2S/c1-22-16(21)9-19-23-13-4-2-12(3-5-13)10-20-11-18-14-8-17-7-6-15(14)20/h2-8,11,19H,9-10H2,1H3. The summed E-state index contributed by atoms with van der Waals surface area (Å²) in [6.45, 7) is 0.930. The average Bonchev–Trinajstić information content (AvgIpc) is 2.99. The normalized spacial score (nSPS) is 10.8. The number of hydrogen-bond acceptors (Lipinski definition) is 6. The number of benzene rings is 1. The molecule has 3 rings (SSSR count). The van der Waals surface area contributed by atoms with Crippen LogP contribution in [0.25, 0.3) is 11.0 Å². The van der Waals surface area contributed by atoms with E-state index < -0.39 is 0 Å². The monoisotopic (exact) mass is 328 g/mol. The van der Waals surface area contributed by atoms with E-state index in [4.69, 9.17) is 0 Å². The highest BCUT2D eigenvalue weighted by molar-refractivity contribution is 7.97. The first-order chi connectivity index (χ1) is 11.3. The molecule has 0 atom stereocenters. The van der Waals surface area contributed by atoms with Crippen LogP contribution in [0.1, 0.15) is 5.56 Å². The number of rotatable bonds is 6. The molecule has 0 bridgehead atoms. The zero-order chi connectivity index (χ0) is 16.1. The molecule has 2 heterocycles. The summed E-state index contributed by atoms with van der Waals surface area (Å²) in [5, 5.41) is 0. The van der Waals surface area contributed by atoms with Crippen molar-refractivity contribution in [3.05, 3.63) is 54.6 Å². The Labute approximate surface area is 138 Å². The molecule has 0 aliphatic heterocycles. The Hall–Kier alpha value is -2.38. The van der Waals surface area contributed by atoms with Crippen LogP contribution in [0.4, 0.5) is 0 Å². The third kappa shape index (κ3) is 3.88. The maximum atomic E-state index is 11.0. The van der Waals surface area contributed by atoms with E-state index in [1.165, 1.54) is 24.6 Å². The fourth-order valence-electron chi connectivity index (χ4n) is 2.15. The number of pyridine rings is 1. The lowest BCUT2D eigenvalue weighted by atomic mass is 10.2. The minimum absolute atomic E-state index is 0.179. The van der Waals surface area contributed by atoms with Gasteiger partial charge in [-0.2, -0.15) is 0 Å². The summed E-state index contributed by atoms with van der Waals surface area (Å²) in [6.07, 6.45) is 5.36. The molecule has 23 heavy (non-hydrogen) atoms. The topological polar surface area (TPSA) is 69.0 Å². The molecular weight excluding hydrogens is 312 g/mol. The summed E-state index contributed by atoms with van der Waals surface area (Å²) in [5.74, 6) is -0.282. The van der Waals surface area contributed by atoms with Gasteiger partial charge in [0.1, 0.15) is 12.1 Å². The molecular formula is C16H16N4O2S. The quantitative estimate of drug-likeness (QED) is 0.553. The molecule has 118 valence electrons. The van der Waals surface area contributed by atoms with Gasteiger partial charge in [0.15, 0.2) is 0 Å². The van der Waals surface area contributed by atoms with Crippen LogP contribution in [0, 0.1) is 0 Å². The minimum atomic E-state index is -0.282. The molecule has 1 N–H and O–H groups in total. The average molecular weight is 328 g/mol. The Balaban J connectivity index is 1.62. The molecule has 3 aromatic rings. The number of imidazole rings is 1. The number of nitrogens with zero attached hydrogens (tertiary/aromatic N) is 3. The van der Waals surface area contributed by atoms with E-state index in [-0.39, 0.29) is 12.5 Å². The van der Waals surface area contributed by atoms with Crippen LogP contribution in [-0.4, -0.2) is 34.2 Å². The Morgan fingerprint density at radius 1 is 1.30 bits per heavy atom. The van der Waals surface area contributed by atoms with Crippen LogP contribution in [0.3, 0.4) is 0 Å². The largest absolute Gasteiger partial charge is 0.468 e. The van der Waals surface area contributed by atoms with Crippen LogP contribution in [0.15, 0.2) is 53.9 Å². The lowest BCUT2D eigenvalue weighted by Gasteiger charge is -2.06. The van der Waals surface area contributed by atoms with Gasteiger partial charge >= 0.3 is 5.97 Å². The number of carbonyl (C=O) groups is 1. The van der Waals surface area contributed by atoms with Gasteiger partial charge in [-0.05, 0) is 35.7 Å². The van der Waals surface area contributed by atoms with E-state index in [2.05, 4.69) is 36.1 Å². The maximum absolute atomic E-state index is 11.0. The van der Waals surface area contributed by atoms with Gasteiger partial charge in [-0.3, -0.25) is 9.78 Å². The minimum Gasteiger partial charge on any atom is -0.468 e. The van der Waals surface area contributed by atoms with Crippen molar-refractivity contribution < 1.29 is 9.53 Å². The molecule has 0 unspecified atom stereocenters. The second kappa shape index (κ2) is 7.26. The lowest BCUT2D eigenvalue weighted by Crippen LogP contribution is -2.17. The fraction of sp³-hybridized carbons (Fsp3) is 0.188. The summed E-state index contributed by atoms with van der Waals surface area (Å²) in [4.78, 5) is 20.5. The van der Waals surface area contributed by atoms with Crippen molar-refractivity contribution >= 4 is 29.0 Å².